The van der Waals surface area contributed by atoms with Gasteiger partial charge in [0.1, 0.15) is 6.54 Å². The summed E-state index contributed by atoms with van der Waals surface area (Å²) in [4.78, 5) is 28.1. The van der Waals surface area contributed by atoms with Crippen molar-refractivity contribution in [2.24, 2.45) is 0 Å². The number of carbonyl (C=O) groups is 2. The average Bonchev–Trinajstić information content (AvgIpc) is 2.90. The number of piperidine rings is 1. The third-order valence-electron chi connectivity index (χ3n) is 5.69. The maximum Gasteiger partial charge on any atom is 0.244 e. The Kier molecular flexibility index (Phi) is 7.33. The Morgan fingerprint density at radius 2 is 1.82 bits per heavy atom. The molecule has 2 aromatic rings. The van der Waals surface area contributed by atoms with E-state index in [9.17, 15) is 18.0 Å². The average molecular weight is 508 g/mol. The lowest BCUT2D eigenvalue weighted by Gasteiger charge is -2.27. The van der Waals surface area contributed by atoms with Gasteiger partial charge in [-0.2, -0.15) is 4.31 Å². The third-order valence-corrected chi connectivity index (χ3v) is 9.01. The molecular formula is C23H26ClN3O4S2. The fourth-order valence-electron chi connectivity index (χ4n) is 4.02. The van der Waals surface area contributed by atoms with Crippen LogP contribution in [-0.4, -0.2) is 49.4 Å². The van der Waals surface area contributed by atoms with Gasteiger partial charge < -0.3 is 10.2 Å². The first-order valence-corrected chi connectivity index (χ1v) is 13.6. The van der Waals surface area contributed by atoms with Gasteiger partial charge in [-0.05, 0) is 55.3 Å². The second-order valence-corrected chi connectivity index (χ2v) is 12.1. The number of carbonyl (C=O) groups excluding carboxylic acids is 2. The number of fused-ring (bicyclic) bond motifs is 1. The van der Waals surface area contributed by atoms with E-state index in [1.165, 1.54) is 27.0 Å². The molecule has 2 aliphatic rings. The zero-order valence-electron chi connectivity index (χ0n) is 18.3. The molecule has 1 N–H and O–H groups in total. The molecule has 0 spiro atoms. The van der Waals surface area contributed by atoms with Crippen molar-refractivity contribution < 1.29 is 18.0 Å². The summed E-state index contributed by atoms with van der Waals surface area (Å²) >= 11 is 7.41. The van der Waals surface area contributed by atoms with Crippen LogP contribution in [0.4, 0.5) is 11.4 Å². The van der Waals surface area contributed by atoms with E-state index >= 15 is 0 Å². The van der Waals surface area contributed by atoms with Crippen LogP contribution >= 0.6 is 23.4 Å². The Morgan fingerprint density at radius 1 is 1.12 bits per heavy atom. The smallest absolute Gasteiger partial charge is 0.244 e. The van der Waals surface area contributed by atoms with Crippen molar-refractivity contribution >= 4 is 56.6 Å². The van der Waals surface area contributed by atoms with E-state index in [-0.39, 0.29) is 34.9 Å². The minimum absolute atomic E-state index is 0.00475. The molecule has 2 heterocycles. The van der Waals surface area contributed by atoms with E-state index in [1.54, 1.807) is 36.4 Å². The zero-order chi connectivity index (χ0) is 23.6. The maximum absolute atomic E-state index is 13.2. The van der Waals surface area contributed by atoms with Gasteiger partial charge in [0.2, 0.25) is 21.8 Å². The number of nitrogens with one attached hydrogen (secondary N) is 1. The summed E-state index contributed by atoms with van der Waals surface area (Å²) in [6.07, 6.45) is 2.96. The summed E-state index contributed by atoms with van der Waals surface area (Å²) in [6.45, 7) is 2.73. The predicted octanol–water partition coefficient (Wildman–Crippen LogP) is 4.37. The molecule has 2 aromatic carbocycles. The molecule has 0 saturated carbocycles. The highest BCUT2D eigenvalue weighted by Crippen LogP contribution is 2.39. The maximum atomic E-state index is 13.2. The highest BCUT2D eigenvalue weighted by atomic mass is 35.5. The first-order chi connectivity index (χ1) is 15.7. The molecular weight excluding hydrogens is 482 g/mol. The number of sulfonamides is 1. The molecule has 1 saturated heterocycles. The van der Waals surface area contributed by atoms with Crippen LogP contribution < -0.4 is 10.2 Å². The number of hydrogen-bond donors (Lipinski definition) is 1. The van der Waals surface area contributed by atoms with Gasteiger partial charge in [0.15, 0.2) is 0 Å². The Balaban J connectivity index is 1.64. The molecule has 0 unspecified atom stereocenters. The lowest BCUT2D eigenvalue weighted by atomic mass is 10.2. The van der Waals surface area contributed by atoms with Crippen molar-refractivity contribution in [2.75, 3.05) is 29.9 Å². The minimum Gasteiger partial charge on any atom is -0.325 e. The van der Waals surface area contributed by atoms with Crippen LogP contribution in [0.25, 0.3) is 0 Å². The molecule has 1 atom stereocenters. The number of hydrogen-bond acceptors (Lipinski definition) is 5. The molecule has 176 valence electrons. The summed E-state index contributed by atoms with van der Waals surface area (Å²) in [5.41, 5.74) is 1.02. The molecule has 10 heteroatoms. The van der Waals surface area contributed by atoms with Crippen LogP contribution in [0.5, 0.6) is 0 Å². The number of halogens is 1. The van der Waals surface area contributed by atoms with Crippen molar-refractivity contribution in [2.45, 2.75) is 47.6 Å². The highest BCUT2D eigenvalue weighted by Gasteiger charge is 2.31. The Hall–Kier alpha value is -2.07. The highest BCUT2D eigenvalue weighted by molar-refractivity contribution is 8.00. The first-order valence-electron chi connectivity index (χ1n) is 10.9. The number of thioether (sulfide) groups is 1. The quantitative estimate of drug-likeness (QED) is 0.649. The summed E-state index contributed by atoms with van der Waals surface area (Å²) in [5.74, 6) is -0.590. The van der Waals surface area contributed by atoms with E-state index in [0.717, 1.165) is 24.2 Å². The van der Waals surface area contributed by atoms with Crippen LogP contribution in [0.3, 0.4) is 0 Å². The SMILES string of the molecule is C[C@@H]1CC(=O)N(CC(=O)Nc2ccc(Cl)cc2)c2cc(S(=O)(=O)N3CCCCC3)ccc2S1. The molecule has 7 nitrogen and oxygen atoms in total. The van der Waals surface area contributed by atoms with Crippen molar-refractivity contribution in [3.63, 3.8) is 0 Å². The van der Waals surface area contributed by atoms with Crippen LogP contribution in [-0.2, 0) is 19.6 Å². The van der Waals surface area contributed by atoms with Crippen molar-refractivity contribution in [3.8, 4) is 0 Å². The normalized spacial score (nSPS) is 19.6. The number of amides is 2. The number of benzene rings is 2. The van der Waals surface area contributed by atoms with Gasteiger partial charge in [0.05, 0.1) is 10.6 Å². The third kappa shape index (κ3) is 5.54. The van der Waals surface area contributed by atoms with Crippen molar-refractivity contribution in [1.29, 1.82) is 0 Å². The van der Waals surface area contributed by atoms with Crippen molar-refractivity contribution in [3.05, 3.63) is 47.5 Å². The topological polar surface area (TPSA) is 86.8 Å². The molecule has 0 aliphatic carbocycles. The molecule has 4 rings (SSSR count). The van der Waals surface area contributed by atoms with E-state index in [0.29, 0.717) is 29.5 Å². The zero-order valence-corrected chi connectivity index (χ0v) is 20.7. The lowest BCUT2D eigenvalue weighted by molar-refractivity contribution is -0.121. The van der Waals surface area contributed by atoms with E-state index in [2.05, 4.69) is 5.32 Å². The summed E-state index contributed by atoms with van der Waals surface area (Å²) < 4.78 is 28.0. The summed E-state index contributed by atoms with van der Waals surface area (Å²) in [7, 11) is -3.67. The number of anilines is 2. The van der Waals surface area contributed by atoms with Gasteiger partial charge in [0, 0.05) is 40.4 Å². The summed E-state index contributed by atoms with van der Waals surface area (Å²) in [6, 6.07) is 11.6. The van der Waals surface area contributed by atoms with E-state index in [1.807, 2.05) is 6.92 Å². The van der Waals surface area contributed by atoms with Crippen LogP contribution in [0.15, 0.2) is 52.3 Å². The fraction of sp³-hybridized carbons (Fsp3) is 0.391. The predicted molar refractivity (Wildman–Crippen MR) is 131 cm³/mol. The van der Waals surface area contributed by atoms with E-state index < -0.39 is 10.0 Å². The standard InChI is InChI=1S/C23H26ClN3O4S2/c1-16-13-23(29)27(15-22(28)25-18-7-5-17(24)6-8-18)20-14-19(9-10-21(20)32-16)33(30,31)26-11-3-2-4-12-26/h5-10,14,16H,2-4,11-13,15H2,1H3,(H,25,28)/t16-/m1/s1. The number of nitrogens with zero attached hydrogens (tertiary/aromatic N) is 2. The second kappa shape index (κ2) is 10.0. The van der Waals surface area contributed by atoms with Gasteiger partial charge in [-0.3, -0.25) is 9.59 Å². The number of rotatable bonds is 5. The largest absolute Gasteiger partial charge is 0.325 e. The van der Waals surface area contributed by atoms with Crippen LogP contribution in [0.2, 0.25) is 5.02 Å². The van der Waals surface area contributed by atoms with Crippen molar-refractivity contribution in [1.82, 2.24) is 4.31 Å². The van der Waals surface area contributed by atoms with Gasteiger partial charge >= 0.3 is 0 Å². The molecule has 0 aromatic heterocycles. The fourth-order valence-corrected chi connectivity index (χ4v) is 6.78. The Morgan fingerprint density at radius 3 is 2.52 bits per heavy atom. The molecule has 33 heavy (non-hydrogen) atoms. The van der Waals surface area contributed by atoms with Gasteiger partial charge in [-0.25, -0.2) is 8.42 Å². The van der Waals surface area contributed by atoms with E-state index in [4.69, 9.17) is 11.6 Å². The van der Waals surface area contributed by atoms with Crippen LogP contribution in [0.1, 0.15) is 32.6 Å². The lowest BCUT2D eigenvalue weighted by Crippen LogP contribution is -2.39. The Bertz CT molecular complexity index is 1150. The molecule has 1 fully saturated rings. The molecule has 2 aliphatic heterocycles. The van der Waals surface area contributed by atoms with Gasteiger partial charge in [0.25, 0.3) is 0 Å². The van der Waals surface area contributed by atoms with Crippen LogP contribution in [0, 0.1) is 0 Å². The van der Waals surface area contributed by atoms with Gasteiger partial charge in [-0.15, -0.1) is 11.8 Å². The van der Waals surface area contributed by atoms with Gasteiger partial charge in [-0.1, -0.05) is 24.9 Å². The summed E-state index contributed by atoms with van der Waals surface area (Å²) in [5, 5.41) is 3.33. The minimum atomic E-state index is -3.67. The Labute approximate surface area is 203 Å². The first kappa shape index (κ1) is 24.1. The molecule has 0 bridgehead atoms. The molecule has 2 amide bonds. The second-order valence-electron chi connectivity index (χ2n) is 8.26. The monoisotopic (exact) mass is 507 g/mol. The molecule has 0 radical (unpaired) electrons.